The number of fused-ring (bicyclic) bond motifs is 1. The number of nitrogens with two attached hydrogens (primary N) is 1. The molecule has 134 valence electrons. The molecule has 0 saturated carbocycles. The van der Waals surface area contributed by atoms with E-state index in [0.717, 1.165) is 16.5 Å². The van der Waals surface area contributed by atoms with Gasteiger partial charge >= 0.3 is 5.97 Å². The van der Waals surface area contributed by atoms with Gasteiger partial charge in [0.15, 0.2) is 0 Å². The van der Waals surface area contributed by atoms with Gasteiger partial charge in [0.25, 0.3) is 0 Å². The highest BCUT2D eigenvalue weighted by molar-refractivity contribution is 5.91. The molecule has 0 aliphatic heterocycles. The second-order valence-electron chi connectivity index (χ2n) is 5.47. The Morgan fingerprint density at radius 2 is 1.88 bits per heavy atom. The fourth-order valence-corrected chi connectivity index (χ4v) is 2.44. The zero-order valence-corrected chi connectivity index (χ0v) is 13.4. The molecule has 1 aromatic carbocycles. The first-order valence-electron chi connectivity index (χ1n) is 7.64. The van der Waals surface area contributed by atoms with Crippen LogP contribution in [0.5, 0.6) is 0 Å². The number of hydrogen-bond acceptors (Lipinski definition) is 5. The maximum atomic E-state index is 12.1. The van der Waals surface area contributed by atoms with E-state index in [1.54, 1.807) is 6.20 Å². The Morgan fingerprint density at radius 3 is 2.52 bits per heavy atom. The van der Waals surface area contributed by atoms with Gasteiger partial charge in [-0.1, -0.05) is 18.2 Å². The molecule has 0 fully saturated rings. The van der Waals surface area contributed by atoms with E-state index in [1.807, 2.05) is 24.3 Å². The molecule has 0 radical (unpaired) electrons. The number of benzene rings is 1. The molecule has 0 aliphatic carbocycles. The highest BCUT2D eigenvalue weighted by Crippen LogP contribution is 2.19. The molecule has 2 atom stereocenters. The molecule has 0 unspecified atom stereocenters. The van der Waals surface area contributed by atoms with Crippen LogP contribution in [0.2, 0.25) is 0 Å². The van der Waals surface area contributed by atoms with Crippen molar-refractivity contribution in [3.05, 3.63) is 36.0 Å². The summed E-state index contributed by atoms with van der Waals surface area (Å²) in [7, 11) is 0. The predicted octanol–water partition coefficient (Wildman–Crippen LogP) is -1.28. The van der Waals surface area contributed by atoms with Crippen molar-refractivity contribution in [2.75, 3.05) is 13.2 Å². The second-order valence-corrected chi connectivity index (χ2v) is 5.47. The van der Waals surface area contributed by atoms with E-state index >= 15 is 0 Å². The van der Waals surface area contributed by atoms with Crippen LogP contribution in [0.25, 0.3) is 10.9 Å². The standard InChI is InChI=1S/C16H20N4O5/c17-6-14(22)19-13(8-21)15(23)20-12(16(24)25)5-9-7-18-11-4-2-1-3-10(9)11/h1-4,7,12-13,18,21H,5-6,8,17H2,(H,19,22)(H,20,23)(H,24,25)/t12-,13-/m0/s1. The average Bonchev–Trinajstić information content (AvgIpc) is 3.01. The van der Waals surface area contributed by atoms with E-state index in [1.165, 1.54) is 0 Å². The fraction of sp³-hybridized carbons (Fsp3) is 0.312. The number of nitrogens with one attached hydrogen (secondary N) is 3. The number of carboxylic acids is 1. The molecule has 2 amide bonds. The summed E-state index contributed by atoms with van der Waals surface area (Å²) in [6.45, 7) is -1.02. The zero-order valence-electron chi connectivity index (χ0n) is 13.4. The minimum Gasteiger partial charge on any atom is -0.480 e. The third-order valence-electron chi connectivity index (χ3n) is 3.73. The monoisotopic (exact) mass is 348 g/mol. The van der Waals surface area contributed by atoms with Crippen LogP contribution >= 0.6 is 0 Å². The number of carboxylic acid groups (broad SMARTS) is 1. The summed E-state index contributed by atoms with van der Waals surface area (Å²) >= 11 is 0. The van der Waals surface area contributed by atoms with Crippen molar-refractivity contribution in [1.82, 2.24) is 15.6 Å². The number of aliphatic hydroxyl groups is 1. The summed E-state index contributed by atoms with van der Waals surface area (Å²) in [5.41, 5.74) is 6.73. The number of carbonyl (C=O) groups excluding carboxylic acids is 2. The molecule has 0 saturated heterocycles. The molecule has 1 aromatic heterocycles. The Bertz CT molecular complexity index is 773. The van der Waals surface area contributed by atoms with Gasteiger partial charge in [-0.15, -0.1) is 0 Å². The van der Waals surface area contributed by atoms with E-state index < -0.39 is 36.5 Å². The number of aromatic nitrogens is 1. The molecule has 7 N–H and O–H groups in total. The number of amides is 2. The van der Waals surface area contributed by atoms with Gasteiger partial charge in [0.05, 0.1) is 13.2 Å². The number of H-pyrrole nitrogens is 1. The number of rotatable bonds is 8. The van der Waals surface area contributed by atoms with Gasteiger partial charge in [-0.2, -0.15) is 0 Å². The largest absolute Gasteiger partial charge is 0.480 e. The number of aromatic amines is 1. The lowest BCUT2D eigenvalue weighted by molar-refractivity contribution is -0.142. The lowest BCUT2D eigenvalue weighted by Gasteiger charge is -2.19. The Labute approximate surface area is 143 Å². The third-order valence-corrected chi connectivity index (χ3v) is 3.73. The molecular formula is C16H20N4O5. The molecule has 0 aliphatic rings. The number of aliphatic carboxylic acids is 1. The van der Waals surface area contributed by atoms with E-state index in [9.17, 15) is 24.6 Å². The van der Waals surface area contributed by atoms with Gasteiger partial charge in [-0.3, -0.25) is 9.59 Å². The summed E-state index contributed by atoms with van der Waals surface area (Å²) in [6, 6.07) is 4.91. The van der Waals surface area contributed by atoms with Crippen molar-refractivity contribution in [1.29, 1.82) is 0 Å². The number of para-hydroxylation sites is 1. The summed E-state index contributed by atoms with van der Waals surface area (Å²) in [5, 5.41) is 24.0. The van der Waals surface area contributed by atoms with Gasteiger partial charge in [0, 0.05) is 23.5 Å². The van der Waals surface area contributed by atoms with E-state index in [-0.39, 0.29) is 13.0 Å². The molecular weight excluding hydrogens is 328 g/mol. The number of hydrogen-bond donors (Lipinski definition) is 6. The maximum Gasteiger partial charge on any atom is 0.326 e. The summed E-state index contributed by atoms with van der Waals surface area (Å²) in [6.07, 6.45) is 1.74. The average molecular weight is 348 g/mol. The van der Waals surface area contributed by atoms with Crippen LogP contribution in [-0.4, -0.2) is 58.2 Å². The molecule has 25 heavy (non-hydrogen) atoms. The molecule has 9 heteroatoms. The van der Waals surface area contributed by atoms with Gasteiger partial charge < -0.3 is 31.6 Å². The smallest absolute Gasteiger partial charge is 0.326 e. The zero-order chi connectivity index (χ0) is 18.4. The lowest BCUT2D eigenvalue weighted by Crippen LogP contribution is -2.54. The summed E-state index contributed by atoms with van der Waals surface area (Å²) in [4.78, 5) is 37.9. The minimum absolute atomic E-state index is 0.0497. The highest BCUT2D eigenvalue weighted by Gasteiger charge is 2.26. The fourth-order valence-electron chi connectivity index (χ4n) is 2.44. The van der Waals surface area contributed by atoms with Crippen LogP contribution in [0.1, 0.15) is 5.56 Å². The predicted molar refractivity (Wildman–Crippen MR) is 89.6 cm³/mol. The van der Waals surface area contributed by atoms with Crippen LogP contribution in [0.15, 0.2) is 30.5 Å². The highest BCUT2D eigenvalue weighted by atomic mass is 16.4. The van der Waals surface area contributed by atoms with Crippen LogP contribution in [0.4, 0.5) is 0 Å². The normalized spacial score (nSPS) is 13.2. The van der Waals surface area contributed by atoms with Gasteiger partial charge in [-0.05, 0) is 11.6 Å². The summed E-state index contributed by atoms with van der Waals surface area (Å²) in [5.74, 6) is -2.64. The third kappa shape index (κ3) is 4.55. The van der Waals surface area contributed by atoms with Crippen LogP contribution in [-0.2, 0) is 20.8 Å². The Kier molecular flexibility index (Phi) is 6.09. The van der Waals surface area contributed by atoms with Crippen molar-refractivity contribution in [2.45, 2.75) is 18.5 Å². The minimum atomic E-state index is -1.26. The Hall–Kier alpha value is -2.91. The Balaban J connectivity index is 2.11. The first-order valence-corrected chi connectivity index (χ1v) is 7.64. The first kappa shape index (κ1) is 18.4. The molecule has 9 nitrogen and oxygen atoms in total. The Morgan fingerprint density at radius 1 is 1.16 bits per heavy atom. The van der Waals surface area contributed by atoms with E-state index in [0.29, 0.717) is 0 Å². The van der Waals surface area contributed by atoms with Crippen molar-refractivity contribution < 1.29 is 24.6 Å². The molecule has 2 rings (SSSR count). The van der Waals surface area contributed by atoms with Crippen LogP contribution in [0, 0.1) is 0 Å². The topological polar surface area (TPSA) is 158 Å². The molecule has 1 heterocycles. The first-order chi connectivity index (χ1) is 12.0. The maximum absolute atomic E-state index is 12.1. The number of carbonyl (C=O) groups is 3. The second kappa shape index (κ2) is 8.27. The van der Waals surface area contributed by atoms with Crippen molar-refractivity contribution in [3.8, 4) is 0 Å². The van der Waals surface area contributed by atoms with Crippen molar-refractivity contribution >= 4 is 28.7 Å². The van der Waals surface area contributed by atoms with E-state index in [2.05, 4.69) is 15.6 Å². The quantitative estimate of drug-likeness (QED) is 0.348. The lowest BCUT2D eigenvalue weighted by atomic mass is 10.0. The number of aliphatic hydroxyl groups excluding tert-OH is 1. The SMILES string of the molecule is NCC(=O)N[C@@H](CO)C(=O)N[C@@H](Cc1c[nH]c2ccccc12)C(=O)O. The molecule has 0 bridgehead atoms. The summed E-state index contributed by atoms with van der Waals surface area (Å²) < 4.78 is 0. The van der Waals surface area contributed by atoms with E-state index in [4.69, 9.17) is 5.73 Å². The molecule has 2 aromatic rings. The molecule has 0 spiro atoms. The van der Waals surface area contributed by atoms with Crippen LogP contribution < -0.4 is 16.4 Å². The van der Waals surface area contributed by atoms with Crippen LogP contribution in [0.3, 0.4) is 0 Å². The van der Waals surface area contributed by atoms with Crippen molar-refractivity contribution in [3.63, 3.8) is 0 Å². The van der Waals surface area contributed by atoms with Gasteiger partial charge in [-0.25, -0.2) is 4.79 Å². The van der Waals surface area contributed by atoms with Gasteiger partial charge in [0.1, 0.15) is 12.1 Å². The van der Waals surface area contributed by atoms with Gasteiger partial charge in [0.2, 0.25) is 11.8 Å². The van der Waals surface area contributed by atoms with Crippen molar-refractivity contribution in [2.24, 2.45) is 5.73 Å².